The third kappa shape index (κ3) is 8.82. The summed E-state index contributed by atoms with van der Waals surface area (Å²) in [4.78, 5) is 33.4. The van der Waals surface area contributed by atoms with Crippen molar-refractivity contribution in [1.82, 2.24) is 15.3 Å². The number of benzene rings is 4. The van der Waals surface area contributed by atoms with Crippen molar-refractivity contribution in [2.24, 2.45) is 0 Å². The molecule has 57 heavy (non-hydrogen) atoms. The number of aromatic nitrogens is 2. The standard InChI is InChI=1S/C41H35F3N4O8S/c1-4-56-22-23-16-34(54-2)37(35(17-23)55-3)29-12-9-26(39-30(29)6-5-14-46-39)18-33(41(50)51)47-40(49)38-31(42)20-27(21-32(38)43)48-57(52,53)28-10-7-24(8-11-28)25-13-15-45-36(44)19-25/h5-17,19-21,33,48H,4,18,22H2,1-3H3,(H,47,49)(H,50,51). The molecule has 0 radical (unpaired) electrons. The van der Waals surface area contributed by atoms with E-state index in [1.807, 2.05) is 19.1 Å². The number of ether oxygens (including phenoxy) is 3. The van der Waals surface area contributed by atoms with E-state index >= 15 is 8.78 Å². The fourth-order valence-corrected chi connectivity index (χ4v) is 7.31. The number of anilines is 1. The summed E-state index contributed by atoms with van der Waals surface area (Å²) in [6.45, 7) is 2.73. The summed E-state index contributed by atoms with van der Waals surface area (Å²) in [5.41, 5.74) is 2.17. The first-order valence-corrected chi connectivity index (χ1v) is 18.8. The van der Waals surface area contributed by atoms with Crippen LogP contribution in [-0.4, -0.2) is 62.2 Å². The largest absolute Gasteiger partial charge is 0.496 e. The Morgan fingerprint density at radius 2 is 1.53 bits per heavy atom. The van der Waals surface area contributed by atoms with Crippen molar-refractivity contribution in [3.05, 3.63) is 132 Å². The summed E-state index contributed by atoms with van der Waals surface area (Å²) in [5.74, 6) is -5.50. The molecule has 6 rings (SSSR count). The van der Waals surface area contributed by atoms with Crippen LogP contribution in [0.2, 0.25) is 0 Å². The van der Waals surface area contributed by atoms with Crippen LogP contribution in [0.15, 0.2) is 102 Å². The van der Waals surface area contributed by atoms with Crippen LogP contribution in [-0.2, 0) is 32.6 Å². The maximum atomic E-state index is 15.4. The number of nitrogens with zero attached hydrogens (tertiary/aromatic N) is 2. The van der Waals surface area contributed by atoms with Gasteiger partial charge in [0.2, 0.25) is 5.95 Å². The summed E-state index contributed by atoms with van der Waals surface area (Å²) in [5, 5.41) is 12.9. The van der Waals surface area contributed by atoms with Gasteiger partial charge in [0.25, 0.3) is 15.9 Å². The number of hydrogen-bond acceptors (Lipinski definition) is 9. The maximum absolute atomic E-state index is 15.4. The molecule has 2 heterocycles. The van der Waals surface area contributed by atoms with Gasteiger partial charge in [0.1, 0.15) is 34.7 Å². The number of carbonyl (C=O) groups is 2. The lowest BCUT2D eigenvalue weighted by Gasteiger charge is -2.19. The zero-order valence-electron chi connectivity index (χ0n) is 30.7. The van der Waals surface area contributed by atoms with E-state index in [0.717, 1.165) is 5.56 Å². The lowest BCUT2D eigenvalue weighted by atomic mass is 9.93. The van der Waals surface area contributed by atoms with E-state index in [1.54, 1.807) is 24.3 Å². The second-order valence-corrected chi connectivity index (χ2v) is 14.2. The first kappa shape index (κ1) is 40.2. The van der Waals surface area contributed by atoms with E-state index in [9.17, 15) is 27.5 Å². The molecule has 4 aromatic carbocycles. The Morgan fingerprint density at radius 1 is 0.842 bits per heavy atom. The van der Waals surface area contributed by atoms with Crippen LogP contribution in [0.1, 0.15) is 28.4 Å². The summed E-state index contributed by atoms with van der Waals surface area (Å²) in [7, 11) is -1.34. The summed E-state index contributed by atoms with van der Waals surface area (Å²) < 4.78 is 89.4. The minimum Gasteiger partial charge on any atom is -0.496 e. The second-order valence-electron chi connectivity index (χ2n) is 12.6. The van der Waals surface area contributed by atoms with Gasteiger partial charge in [0.05, 0.1) is 42.5 Å². The van der Waals surface area contributed by atoms with Crippen molar-refractivity contribution in [3.8, 4) is 33.8 Å². The van der Waals surface area contributed by atoms with Crippen LogP contribution in [0.3, 0.4) is 0 Å². The number of nitrogens with one attached hydrogen (secondary N) is 2. The number of hydrogen-bond donors (Lipinski definition) is 3. The molecule has 6 aromatic rings. The Kier molecular flexibility index (Phi) is 12.0. The van der Waals surface area contributed by atoms with E-state index in [-0.39, 0.29) is 11.3 Å². The molecule has 0 saturated carbocycles. The number of aliphatic carboxylic acids is 1. The van der Waals surface area contributed by atoms with E-state index in [2.05, 4.69) is 20.0 Å². The van der Waals surface area contributed by atoms with E-state index in [4.69, 9.17) is 14.2 Å². The smallest absolute Gasteiger partial charge is 0.326 e. The van der Waals surface area contributed by atoms with Gasteiger partial charge in [-0.1, -0.05) is 30.3 Å². The molecule has 2 aromatic heterocycles. The highest BCUT2D eigenvalue weighted by atomic mass is 32.2. The van der Waals surface area contributed by atoms with Gasteiger partial charge in [-0.3, -0.25) is 14.5 Å². The third-order valence-electron chi connectivity index (χ3n) is 8.93. The van der Waals surface area contributed by atoms with Crippen molar-refractivity contribution >= 4 is 38.5 Å². The first-order valence-electron chi connectivity index (χ1n) is 17.3. The van der Waals surface area contributed by atoms with Crippen molar-refractivity contribution in [3.63, 3.8) is 0 Å². The Balaban J connectivity index is 1.23. The Bertz CT molecular complexity index is 2540. The van der Waals surface area contributed by atoms with Gasteiger partial charge in [-0.15, -0.1) is 0 Å². The predicted molar refractivity (Wildman–Crippen MR) is 205 cm³/mol. The average molecular weight is 801 g/mol. The van der Waals surface area contributed by atoms with Gasteiger partial charge in [-0.2, -0.15) is 4.39 Å². The highest BCUT2D eigenvalue weighted by Crippen LogP contribution is 2.43. The molecular formula is C41H35F3N4O8S. The Labute approximate surface area is 325 Å². The van der Waals surface area contributed by atoms with Gasteiger partial charge >= 0.3 is 5.97 Å². The van der Waals surface area contributed by atoms with Crippen LogP contribution >= 0.6 is 0 Å². The van der Waals surface area contributed by atoms with E-state index in [0.29, 0.717) is 75.6 Å². The SMILES string of the molecule is CCOCc1cc(OC)c(-c2ccc(CC(NC(=O)c3c(F)cc(NS(=O)(=O)c4ccc(-c5ccnc(F)c5)cc4)cc3F)C(=O)O)c3ncccc23)c(OC)c1. The number of pyridine rings is 2. The number of amides is 1. The number of sulfonamides is 1. The third-order valence-corrected chi connectivity index (χ3v) is 10.3. The fraction of sp³-hybridized carbons (Fsp3) is 0.171. The number of fused-ring (bicyclic) bond motifs is 1. The number of methoxy groups -OCH3 is 2. The number of carboxylic acid groups (broad SMARTS) is 1. The van der Waals surface area contributed by atoms with Crippen LogP contribution < -0.4 is 19.5 Å². The molecule has 0 aliphatic heterocycles. The zero-order chi connectivity index (χ0) is 40.9. The zero-order valence-corrected chi connectivity index (χ0v) is 31.5. The first-order chi connectivity index (χ1) is 27.3. The van der Waals surface area contributed by atoms with Crippen LogP contribution in [0.5, 0.6) is 11.5 Å². The maximum Gasteiger partial charge on any atom is 0.326 e. The molecule has 0 saturated heterocycles. The van der Waals surface area contributed by atoms with Crippen LogP contribution in [0, 0.1) is 17.6 Å². The van der Waals surface area contributed by atoms with Crippen LogP contribution in [0.4, 0.5) is 18.9 Å². The van der Waals surface area contributed by atoms with E-state index < -0.39 is 56.8 Å². The number of halogens is 3. The number of carbonyl (C=O) groups excluding carboxylic acids is 1. The molecule has 1 unspecified atom stereocenters. The Hall–Kier alpha value is -6.52. The van der Waals surface area contributed by atoms with Crippen molar-refractivity contribution in [1.29, 1.82) is 0 Å². The normalized spacial score (nSPS) is 11.9. The molecular weight excluding hydrogens is 766 g/mol. The second kappa shape index (κ2) is 17.1. The monoisotopic (exact) mass is 800 g/mol. The van der Waals surface area contributed by atoms with Gasteiger partial charge in [-0.25, -0.2) is 27.0 Å². The van der Waals surface area contributed by atoms with Gasteiger partial charge in [0.15, 0.2) is 0 Å². The summed E-state index contributed by atoms with van der Waals surface area (Å²) in [6.07, 6.45) is 2.45. The number of rotatable bonds is 15. The highest BCUT2D eigenvalue weighted by molar-refractivity contribution is 7.92. The van der Waals surface area contributed by atoms with Gasteiger partial charge in [0, 0.05) is 36.9 Å². The summed E-state index contributed by atoms with van der Waals surface area (Å²) >= 11 is 0. The number of carboxylic acids is 1. The topological polar surface area (TPSA) is 166 Å². The van der Waals surface area contributed by atoms with Crippen molar-refractivity contribution < 1.29 is 50.5 Å². The molecule has 1 amide bonds. The predicted octanol–water partition coefficient (Wildman–Crippen LogP) is 7.16. The van der Waals surface area contributed by atoms with Gasteiger partial charge in [-0.05, 0) is 83.3 Å². The van der Waals surface area contributed by atoms with Gasteiger partial charge < -0.3 is 24.6 Å². The molecule has 0 aliphatic carbocycles. The molecule has 12 nitrogen and oxygen atoms in total. The lowest BCUT2D eigenvalue weighted by molar-refractivity contribution is -0.139. The molecule has 0 fully saturated rings. The molecule has 0 bridgehead atoms. The summed E-state index contributed by atoms with van der Waals surface area (Å²) in [6, 6.07) is 18.0. The fourth-order valence-electron chi connectivity index (χ4n) is 6.27. The minimum atomic E-state index is -4.38. The van der Waals surface area contributed by atoms with Crippen LogP contribution in [0.25, 0.3) is 33.2 Å². The highest BCUT2D eigenvalue weighted by Gasteiger charge is 2.28. The molecule has 294 valence electrons. The molecule has 0 spiro atoms. The molecule has 1 atom stereocenters. The lowest BCUT2D eigenvalue weighted by Crippen LogP contribution is -2.43. The van der Waals surface area contributed by atoms with Crippen molar-refractivity contribution in [2.45, 2.75) is 30.9 Å². The van der Waals surface area contributed by atoms with Crippen molar-refractivity contribution in [2.75, 3.05) is 25.5 Å². The molecule has 16 heteroatoms. The molecule has 3 N–H and O–H groups in total. The minimum absolute atomic E-state index is 0.267. The molecule has 0 aliphatic rings. The Morgan fingerprint density at radius 3 is 2.14 bits per heavy atom. The van der Waals surface area contributed by atoms with E-state index in [1.165, 1.54) is 63.0 Å². The average Bonchev–Trinajstić information content (AvgIpc) is 3.19. The quantitative estimate of drug-likeness (QED) is 0.0908.